The zero-order valence-electron chi connectivity index (χ0n) is 21.3. The van der Waals surface area contributed by atoms with Crippen LogP contribution in [0.1, 0.15) is 34.5 Å². The molecule has 2 N–H and O–H groups in total. The number of carbonyl (C=O) groups is 1. The largest absolute Gasteiger partial charge is 0.494 e. The van der Waals surface area contributed by atoms with Gasteiger partial charge in [0.25, 0.3) is 5.91 Å². The lowest BCUT2D eigenvalue weighted by atomic mass is 10.1. The number of piperidine rings is 1. The highest BCUT2D eigenvalue weighted by molar-refractivity contribution is 6.00. The number of nitrogens with zero attached hydrogens (tertiary/aromatic N) is 6. The highest BCUT2D eigenvalue weighted by Crippen LogP contribution is 2.39. The third-order valence-electron chi connectivity index (χ3n) is 7.88. The Hall–Kier alpha value is -3.98. The molecule has 190 valence electrons. The summed E-state index contributed by atoms with van der Waals surface area (Å²) in [5.41, 5.74) is 11.5. The SMILES string of the molecule is CN=Cc1ccc(-c2nc3cc(C(=O)N4C[C@H]5CC[C@@H]4[C@@H]5N)cc(OC)c3n2C)n1Cc1cccnc1. The Balaban J connectivity index is 1.43. The number of fused-ring (bicyclic) bond motifs is 3. The third kappa shape index (κ3) is 3.81. The van der Waals surface area contributed by atoms with Crippen molar-refractivity contribution in [3.63, 3.8) is 0 Å². The minimum atomic E-state index is -0.00329. The zero-order chi connectivity index (χ0) is 25.7. The van der Waals surface area contributed by atoms with Crippen LogP contribution in [0.2, 0.25) is 0 Å². The van der Waals surface area contributed by atoms with Crippen LogP contribution in [0, 0.1) is 5.92 Å². The molecule has 1 aliphatic carbocycles. The number of pyridine rings is 1. The van der Waals surface area contributed by atoms with Crippen molar-refractivity contribution in [2.24, 2.45) is 23.7 Å². The predicted octanol–water partition coefficient (Wildman–Crippen LogP) is 3.10. The van der Waals surface area contributed by atoms with E-state index in [1.54, 1.807) is 20.4 Å². The average molecular weight is 498 g/mol. The van der Waals surface area contributed by atoms with E-state index in [9.17, 15) is 4.79 Å². The number of hydrogen-bond donors (Lipinski definition) is 1. The molecule has 1 aromatic carbocycles. The number of benzene rings is 1. The number of carbonyl (C=O) groups excluding carboxylic acids is 1. The van der Waals surface area contributed by atoms with Crippen LogP contribution in [0.4, 0.5) is 0 Å². The lowest BCUT2D eigenvalue weighted by Crippen LogP contribution is -2.41. The summed E-state index contributed by atoms with van der Waals surface area (Å²) in [5, 5.41) is 0. The van der Waals surface area contributed by atoms with Crippen LogP contribution < -0.4 is 10.5 Å². The van der Waals surface area contributed by atoms with Gasteiger partial charge in [-0.1, -0.05) is 6.07 Å². The number of aromatic nitrogens is 4. The van der Waals surface area contributed by atoms with Crippen molar-refractivity contribution in [1.29, 1.82) is 0 Å². The maximum Gasteiger partial charge on any atom is 0.254 e. The summed E-state index contributed by atoms with van der Waals surface area (Å²) in [5.74, 6) is 1.79. The Morgan fingerprint density at radius 2 is 2.14 bits per heavy atom. The molecule has 9 nitrogen and oxygen atoms in total. The lowest BCUT2D eigenvalue weighted by molar-refractivity contribution is 0.0700. The van der Waals surface area contributed by atoms with E-state index in [2.05, 4.69) is 26.7 Å². The van der Waals surface area contributed by atoms with Crippen molar-refractivity contribution in [3.8, 4) is 17.3 Å². The van der Waals surface area contributed by atoms with Crippen molar-refractivity contribution >= 4 is 23.2 Å². The first-order chi connectivity index (χ1) is 18.0. The number of nitrogens with two attached hydrogens (primary N) is 1. The molecule has 2 fully saturated rings. The zero-order valence-corrected chi connectivity index (χ0v) is 21.3. The minimum absolute atomic E-state index is 0.00329. The number of amides is 1. The van der Waals surface area contributed by atoms with Gasteiger partial charge in [-0.05, 0) is 54.7 Å². The Kier molecular flexibility index (Phi) is 5.79. The number of rotatable bonds is 6. The number of ether oxygens (including phenoxy) is 1. The first kappa shape index (κ1) is 23.4. The second kappa shape index (κ2) is 9.15. The van der Waals surface area contributed by atoms with Gasteiger partial charge in [-0.15, -0.1) is 0 Å². The standard InChI is InChI=1S/C28H31N7O2/c1-30-14-20-7-9-23(34(20)15-17-5-4-10-31-13-17)27-32-21-11-19(12-24(37-3)26(21)33(27)2)28(36)35-16-18-6-8-22(35)25(18)29/h4-5,7,9-14,18,22,25H,6,8,15-16,29H2,1-3H3/t18-,22-,25-/m1/s1. The highest BCUT2D eigenvalue weighted by Gasteiger charge is 2.47. The van der Waals surface area contributed by atoms with Crippen LogP contribution in [0.5, 0.6) is 5.75 Å². The first-order valence-corrected chi connectivity index (χ1v) is 12.6. The van der Waals surface area contributed by atoms with Crippen molar-refractivity contribution < 1.29 is 9.53 Å². The Bertz CT molecular complexity index is 1500. The summed E-state index contributed by atoms with van der Waals surface area (Å²) < 4.78 is 9.97. The van der Waals surface area contributed by atoms with Gasteiger partial charge in [0.15, 0.2) is 5.82 Å². The molecule has 4 aromatic rings. The second-order valence-corrected chi connectivity index (χ2v) is 9.96. The van der Waals surface area contributed by atoms with E-state index in [1.807, 2.05) is 53.2 Å². The summed E-state index contributed by atoms with van der Waals surface area (Å²) in [6.45, 7) is 1.35. The van der Waals surface area contributed by atoms with Crippen LogP contribution in [-0.4, -0.2) is 68.9 Å². The molecular weight excluding hydrogens is 466 g/mol. The van der Waals surface area contributed by atoms with Crippen LogP contribution >= 0.6 is 0 Å². The normalized spacial score (nSPS) is 21.0. The molecule has 0 radical (unpaired) electrons. The second-order valence-electron chi connectivity index (χ2n) is 9.96. The maximum atomic E-state index is 13.5. The number of likely N-dealkylation sites (tertiary alicyclic amines) is 1. The molecule has 1 amide bonds. The topological polar surface area (TPSA) is 104 Å². The predicted molar refractivity (Wildman–Crippen MR) is 143 cm³/mol. The van der Waals surface area contributed by atoms with E-state index in [0.717, 1.165) is 47.7 Å². The monoisotopic (exact) mass is 497 g/mol. The van der Waals surface area contributed by atoms with Gasteiger partial charge in [0.2, 0.25) is 0 Å². The molecule has 2 bridgehead atoms. The molecule has 9 heteroatoms. The van der Waals surface area contributed by atoms with Crippen molar-refractivity contribution in [2.45, 2.75) is 31.5 Å². The van der Waals surface area contributed by atoms with Gasteiger partial charge in [-0.2, -0.15) is 0 Å². The van der Waals surface area contributed by atoms with Crippen LogP contribution in [0.3, 0.4) is 0 Å². The molecule has 37 heavy (non-hydrogen) atoms. The first-order valence-electron chi connectivity index (χ1n) is 12.6. The molecule has 3 atom stereocenters. The summed E-state index contributed by atoms with van der Waals surface area (Å²) >= 11 is 0. The molecule has 1 saturated carbocycles. The Labute approximate surface area is 215 Å². The smallest absolute Gasteiger partial charge is 0.254 e. The van der Waals surface area contributed by atoms with E-state index >= 15 is 0 Å². The van der Waals surface area contributed by atoms with Crippen molar-refractivity contribution in [3.05, 3.63) is 65.6 Å². The number of aliphatic imine (C=N–C) groups is 1. The van der Waals surface area contributed by atoms with Gasteiger partial charge in [-0.3, -0.25) is 14.8 Å². The summed E-state index contributed by atoms with van der Waals surface area (Å²) in [7, 11) is 5.37. The number of aryl methyl sites for hydroxylation is 1. The Morgan fingerprint density at radius 3 is 2.81 bits per heavy atom. The molecule has 6 rings (SSSR count). The number of methoxy groups -OCH3 is 1. The van der Waals surface area contributed by atoms with Crippen LogP contribution in [-0.2, 0) is 13.6 Å². The van der Waals surface area contributed by atoms with Gasteiger partial charge < -0.3 is 24.5 Å². The number of hydrogen-bond acceptors (Lipinski definition) is 6. The molecule has 1 saturated heterocycles. The summed E-state index contributed by atoms with van der Waals surface area (Å²) in [6, 6.07) is 12.0. The Morgan fingerprint density at radius 1 is 1.27 bits per heavy atom. The molecule has 0 unspecified atom stereocenters. The lowest BCUT2D eigenvalue weighted by Gasteiger charge is -2.27. The van der Waals surface area contributed by atoms with E-state index in [-0.39, 0.29) is 18.0 Å². The molecule has 2 aliphatic rings. The molecule has 0 spiro atoms. The van der Waals surface area contributed by atoms with Gasteiger partial charge in [0, 0.05) is 63.4 Å². The van der Waals surface area contributed by atoms with Crippen LogP contribution in [0.25, 0.3) is 22.6 Å². The molecule has 3 aromatic heterocycles. The quantitative estimate of drug-likeness (QED) is 0.412. The molecule has 1 aliphatic heterocycles. The maximum absolute atomic E-state index is 13.5. The molecule has 4 heterocycles. The van der Waals surface area contributed by atoms with E-state index in [4.69, 9.17) is 15.5 Å². The average Bonchev–Trinajstić information content (AvgIpc) is 3.66. The van der Waals surface area contributed by atoms with Gasteiger partial charge >= 0.3 is 0 Å². The highest BCUT2D eigenvalue weighted by atomic mass is 16.5. The number of imidazole rings is 1. The fraction of sp³-hybridized carbons (Fsp3) is 0.357. The van der Waals surface area contributed by atoms with Crippen molar-refractivity contribution in [2.75, 3.05) is 20.7 Å². The third-order valence-corrected chi connectivity index (χ3v) is 7.88. The summed E-state index contributed by atoms with van der Waals surface area (Å²) in [4.78, 5) is 29.0. The van der Waals surface area contributed by atoms with E-state index < -0.39 is 0 Å². The minimum Gasteiger partial charge on any atom is -0.494 e. The van der Waals surface area contributed by atoms with E-state index in [0.29, 0.717) is 29.3 Å². The summed E-state index contributed by atoms with van der Waals surface area (Å²) in [6.07, 6.45) is 7.55. The van der Waals surface area contributed by atoms with E-state index in [1.165, 1.54) is 0 Å². The van der Waals surface area contributed by atoms with Gasteiger partial charge in [-0.25, -0.2) is 4.98 Å². The van der Waals surface area contributed by atoms with Crippen molar-refractivity contribution in [1.82, 2.24) is 24.0 Å². The van der Waals surface area contributed by atoms with Gasteiger partial charge in [0.1, 0.15) is 11.3 Å². The fourth-order valence-electron chi connectivity index (χ4n) is 6.04. The molecular formula is C28H31N7O2. The van der Waals surface area contributed by atoms with Gasteiger partial charge in [0.05, 0.1) is 24.0 Å². The fourth-order valence-corrected chi connectivity index (χ4v) is 6.04. The van der Waals surface area contributed by atoms with Crippen LogP contribution in [0.15, 0.2) is 53.8 Å².